The maximum absolute atomic E-state index is 12.4. The summed E-state index contributed by atoms with van der Waals surface area (Å²) in [7, 11) is 0. The van der Waals surface area contributed by atoms with Gasteiger partial charge in [0.2, 0.25) is 11.8 Å². The van der Waals surface area contributed by atoms with Crippen LogP contribution in [-0.2, 0) is 16.0 Å². The molecular weight excluding hydrogens is 356 g/mol. The molecule has 0 spiro atoms. The van der Waals surface area contributed by atoms with Crippen molar-refractivity contribution in [2.45, 2.75) is 19.3 Å². The Balaban J connectivity index is 1.53. The summed E-state index contributed by atoms with van der Waals surface area (Å²) in [5, 5.41) is 4.77. The number of nitrogens with zero attached hydrogens (tertiary/aromatic N) is 4. The van der Waals surface area contributed by atoms with E-state index in [-0.39, 0.29) is 29.8 Å². The van der Waals surface area contributed by atoms with Gasteiger partial charge in [0.05, 0.1) is 18.3 Å². The zero-order valence-electron chi connectivity index (χ0n) is 13.9. The first-order valence-electron chi connectivity index (χ1n) is 8.12. The standard InChI is InChI=1S/C16H18N6O3S/c17-14(24)10-1-5-22(6-2-10)13(23)7-11-9-26-16(20-11)21-15(25)12-8-18-3-4-19-12/h3-4,8-10H,1-2,5-7H2,(H2,17,24)(H,20,21,25). The number of nitrogens with one attached hydrogen (secondary N) is 1. The highest BCUT2D eigenvalue weighted by Gasteiger charge is 2.26. The third-order valence-corrected chi connectivity index (χ3v) is 4.96. The smallest absolute Gasteiger partial charge is 0.277 e. The van der Waals surface area contributed by atoms with E-state index in [4.69, 9.17) is 5.73 Å². The minimum atomic E-state index is -0.404. The van der Waals surface area contributed by atoms with Crippen molar-refractivity contribution >= 4 is 34.2 Å². The number of carbonyl (C=O) groups excluding carboxylic acids is 3. The largest absolute Gasteiger partial charge is 0.369 e. The number of primary amides is 1. The first kappa shape index (κ1) is 17.9. The van der Waals surface area contributed by atoms with Gasteiger partial charge < -0.3 is 10.6 Å². The summed E-state index contributed by atoms with van der Waals surface area (Å²) in [6, 6.07) is 0. The minimum absolute atomic E-state index is 0.0509. The van der Waals surface area contributed by atoms with Crippen LogP contribution in [0, 0.1) is 5.92 Å². The van der Waals surface area contributed by atoms with Crippen molar-refractivity contribution in [1.29, 1.82) is 0 Å². The van der Waals surface area contributed by atoms with E-state index in [1.165, 1.54) is 29.9 Å². The van der Waals surface area contributed by atoms with Gasteiger partial charge in [0.15, 0.2) is 5.13 Å². The van der Waals surface area contributed by atoms with Crippen molar-refractivity contribution in [2.75, 3.05) is 18.4 Å². The molecule has 0 aromatic carbocycles. The monoisotopic (exact) mass is 374 g/mol. The zero-order valence-corrected chi connectivity index (χ0v) is 14.7. The lowest BCUT2D eigenvalue weighted by atomic mass is 9.96. The number of likely N-dealkylation sites (tertiary alicyclic amines) is 1. The molecule has 0 unspecified atom stereocenters. The second-order valence-corrected chi connectivity index (χ2v) is 6.78. The Kier molecular flexibility index (Phi) is 5.52. The van der Waals surface area contributed by atoms with E-state index in [2.05, 4.69) is 20.3 Å². The summed E-state index contributed by atoms with van der Waals surface area (Å²) < 4.78 is 0. The number of thiazole rings is 1. The number of carbonyl (C=O) groups is 3. The van der Waals surface area contributed by atoms with Crippen LogP contribution in [-0.4, -0.2) is 50.7 Å². The molecule has 0 atom stereocenters. The van der Waals surface area contributed by atoms with Gasteiger partial charge in [0.1, 0.15) is 5.69 Å². The van der Waals surface area contributed by atoms with Gasteiger partial charge in [0.25, 0.3) is 5.91 Å². The van der Waals surface area contributed by atoms with Gasteiger partial charge >= 0.3 is 0 Å². The molecular formula is C16H18N6O3S. The van der Waals surface area contributed by atoms with Gasteiger partial charge in [-0.1, -0.05) is 0 Å². The van der Waals surface area contributed by atoms with Crippen LogP contribution in [0.5, 0.6) is 0 Å². The summed E-state index contributed by atoms with van der Waals surface area (Å²) in [5.74, 6) is -0.912. The molecule has 0 radical (unpaired) electrons. The third-order valence-electron chi connectivity index (χ3n) is 4.15. The highest BCUT2D eigenvalue weighted by molar-refractivity contribution is 7.14. The van der Waals surface area contributed by atoms with Gasteiger partial charge in [-0.3, -0.25) is 24.7 Å². The fourth-order valence-corrected chi connectivity index (χ4v) is 3.41. The molecule has 1 aliphatic heterocycles. The molecule has 0 bridgehead atoms. The lowest BCUT2D eigenvalue weighted by molar-refractivity contribution is -0.134. The van der Waals surface area contributed by atoms with Gasteiger partial charge in [-0.15, -0.1) is 11.3 Å². The summed E-state index contributed by atoms with van der Waals surface area (Å²) in [6.45, 7) is 1.04. The fraction of sp³-hybridized carbons (Fsp3) is 0.375. The summed E-state index contributed by atoms with van der Waals surface area (Å²) in [6.07, 6.45) is 5.62. The van der Waals surface area contributed by atoms with Crippen LogP contribution >= 0.6 is 11.3 Å². The van der Waals surface area contributed by atoms with E-state index in [1.54, 1.807) is 10.3 Å². The van der Waals surface area contributed by atoms with Crippen molar-refractivity contribution in [3.8, 4) is 0 Å². The van der Waals surface area contributed by atoms with Gasteiger partial charge in [-0.25, -0.2) is 9.97 Å². The van der Waals surface area contributed by atoms with Gasteiger partial charge in [-0.05, 0) is 12.8 Å². The van der Waals surface area contributed by atoms with E-state index in [9.17, 15) is 14.4 Å². The summed E-state index contributed by atoms with van der Waals surface area (Å²) in [5.41, 5.74) is 6.08. The number of aromatic nitrogens is 3. The Labute approximate surface area is 153 Å². The molecule has 1 fully saturated rings. The van der Waals surface area contributed by atoms with Crippen LogP contribution in [0.25, 0.3) is 0 Å². The van der Waals surface area contributed by atoms with Crippen molar-refractivity contribution < 1.29 is 14.4 Å². The van der Waals surface area contributed by atoms with E-state index in [0.29, 0.717) is 36.8 Å². The number of rotatable bonds is 5. The minimum Gasteiger partial charge on any atom is -0.369 e. The molecule has 0 saturated carbocycles. The maximum atomic E-state index is 12.4. The molecule has 1 saturated heterocycles. The molecule has 3 N–H and O–H groups in total. The fourth-order valence-electron chi connectivity index (χ4n) is 2.70. The molecule has 26 heavy (non-hydrogen) atoms. The average molecular weight is 374 g/mol. The maximum Gasteiger partial charge on any atom is 0.277 e. The predicted octanol–water partition coefficient (Wildman–Crippen LogP) is 0.452. The van der Waals surface area contributed by atoms with E-state index >= 15 is 0 Å². The second-order valence-electron chi connectivity index (χ2n) is 5.92. The first-order chi connectivity index (χ1) is 12.5. The third kappa shape index (κ3) is 4.39. The molecule has 2 aromatic heterocycles. The Morgan fingerprint density at radius 2 is 2.04 bits per heavy atom. The lowest BCUT2D eigenvalue weighted by Gasteiger charge is -2.30. The predicted molar refractivity (Wildman–Crippen MR) is 94.3 cm³/mol. The van der Waals surface area contributed by atoms with Crippen molar-refractivity contribution in [1.82, 2.24) is 19.9 Å². The molecule has 3 amide bonds. The van der Waals surface area contributed by atoms with Crippen LogP contribution in [0.15, 0.2) is 24.0 Å². The zero-order chi connectivity index (χ0) is 18.5. The Hall–Kier alpha value is -2.88. The van der Waals surface area contributed by atoms with Crippen LogP contribution in [0.3, 0.4) is 0 Å². The van der Waals surface area contributed by atoms with Crippen LogP contribution in [0.2, 0.25) is 0 Å². The van der Waals surface area contributed by atoms with Crippen LogP contribution in [0.1, 0.15) is 29.0 Å². The Morgan fingerprint density at radius 1 is 1.27 bits per heavy atom. The van der Waals surface area contributed by atoms with E-state index in [1.807, 2.05) is 0 Å². The Morgan fingerprint density at radius 3 is 2.69 bits per heavy atom. The number of hydrogen-bond donors (Lipinski definition) is 2. The topological polar surface area (TPSA) is 131 Å². The van der Waals surface area contributed by atoms with Gasteiger partial charge in [0, 0.05) is 36.8 Å². The van der Waals surface area contributed by atoms with Crippen molar-refractivity contribution in [3.63, 3.8) is 0 Å². The number of nitrogens with two attached hydrogens (primary N) is 1. The number of hydrogen-bond acceptors (Lipinski definition) is 7. The normalized spacial score (nSPS) is 14.8. The quantitative estimate of drug-likeness (QED) is 0.781. The molecule has 1 aliphatic rings. The summed E-state index contributed by atoms with van der Waals surface area (Å²) in [4.78, 5) is 49.3. The molecule has 9 nitrogen and oxygen atoms in total. The highest BCUT2D eigenvalue weighted by Crippen LogP contribution is 2.20. The molecule has 3 rings (SSSR count). The molecule has 0 aliphatic carbocycles. The SMILES string of the molecule is NC(=O)C1CCN(C(=O)Cc2csc(NC(=O)c3cnccn3)n2)CC1. The number of amides is 3. The molecule has 3 heterocycles. The van der Waals surface area contributed by atoms with Crippen LogP contribution < -0.4 is 11.1 Å². The van der Waals surface area contributed by atoms with E-state index in [0.717, 1.165) is 0 Å². The lowest BCUT2D eigenvalue weighted by Crippen LogP contribution is -2.42. The van der Waals surface area contributed by atoms with Crippen LogP contribution in [0.4, 0.5) is 5.13 Å². The number of anilines is 1. The molecule has 136 valence electrons. The van der Waals surface area contributed by atoms with E-state index < -0.39 is 5.91 Å². The highest BCUT2D eigenvalue weighted by atomic mass is 32.1. The number of piperidine rings is 1. The molecule has 2 aromatic rings. The molecule has 10 heteroatoms. The second kappa shape index (κ2) is 8.00. The summed E-state index contributed by atoms with van der Waals surface area (Å²) >= 11 is 1.24. The van der Waals surface area contributed by atoms with Crippen molar-refractivity contribution in [3.05, 3.63) is 35.4 Å². The Bertz CT molecular complexity index is 801. The average Bonchev–Trinajstić information content (AvgIpc) is 3.09. The first-order valence-corrected chi connectivity index (χ1v) is 8.99. The van der Waals surface area contributed by atoms with Gasteiger partial charge in [-0.2, -0.15) is 0 Å². The van der Waals surface area contributed by atoms with Crippen molar-refractivity contribution in [2.24, 2.45) is 11.7 Å².